The van der Waals surface area contributed by atoms with E-state index in [-0.39, 0.29) is 5.54 Å². The highest BCUT2D eigenvalue weighted by molar-refractivity contribution is 7.04. The van der Waals surface area contributed by atoms with Crippen LogP contribution in [0, 0.1) is 0 Å². The lowest BCUT2D eigenvalue weighted by atomic mass is 10.1. The van der Waals surface area contributed by atoms with E-state index in [1.807, 2.05) is 10.2 Å². The Bertz CT molecular complexity index is 813. The average molecular weight is 351 g/mol. The van der Waals surface area contributed by atoms with Gasteiger partial charge in [-0.1, -0.05) is 24.3 Å². The van der Waals surface area contributed by atoms with Crippen molar-refractivity contribution in [3.05, 3.63) is 51.8 Å². The van der Waals surface area contributed by atoms with Crippen LogP contribution in [0.2, 0.25) is 5.02 Å². The van der Waals surface area contributed by atoms with Crippen molar-refractivity contribution >= 4 is 35.1 Å². The van der Waals surface area contributed by atoms with Gasteiger partial charge in [0.15, 0.2) is 0 Å². The molecule has 0 aliphatic rings. The van der Waals surface area contributed by atoms with Gasteiger partial charge in [0.2, 0.25) is 0 Å². The molecule has 0 aliphatic carbocycles. The summed E-state index contributed by atoms with van der Waals surface area (Å²) in [6, 6.07) is 4.89. The Morgan fingerprint density at radius 1 is 1.43 bits per heavy atom. The number of rotatable bonds is 3. The number of methoxy groups -OCH3 is 1. The van der Waals surface area contributed by atoms with Gasteiger partial charge in [0, 0.05) is 22.3 Å². The van der Waals surface area contributed by atoms with E-state index < -0.39 is 5.91 Å². The zero-order valence-corrected chi connectivity index (χ0v) is 15.2. The summed E-state index contributed by atoms with van der Waals surface area (Å²) >= 11 is 7.39. The third-order valence-electron chi connectivity index (χ3n) is 3.16. The number of halogens is 1. The minimum atomic E-state index is -0.393. The van der Waals surface area contributed by atoms with Crippen LogP contribution in [0.5, 0.6) is 5.75 Å². The van der Waals surface area contributed by atoms with Crippen LogP contribution in [0.15, 0.2) is 36.0 Å². The van der Waals surface area contributed by atoms with Crippen LogP contribution >= 0.6 is 23.1 Å². The Hall–Kier alpha value is -1.85. The predicted molar refractivity (Wildman–Crippen MR) is 95.3 cm³/mol. The summed E-state index contributed by atoms with van der Waals surface area (Å²) in [5, 5.41) is 0.462. The number of nitrogens with zero attached hydrogens (tertiary/aromatic N) is 2. The summed E-state index contributed by atoms with van der Waals surface area (Å²) in [6.07, 6.45) is 3.64. The highest BCUT2D eigenvalue weighted by Crippen LogP contribution is 2.23. The number of ether oxygens (including phenoxy) is 1. The van der Waals surface area contributed by atoms with Crippen molar-refractivity contribution in [1.82, 2.24) is 3.96 Å². The summed E-state index contributed by atoms with van der Waals surface area (Å²) in [4.78, 5) is 16.8. The van der Waals surface area contributed by atoms with Crippen molar-refractivity contribution in [1.29, 1.82) is 0 Å². The molecule has 23 heavy (non-hydrogen) atoms. The van der Waals surface area contributed by atoms with Crippen LogP contribution in [0.4, 0.5) is 0 Å². The van der Waals surface area contributed by atoms with Gasteiger partial charge in [-0.3, -0.25) is 8.75 Å². The predicted octanol–water partition coefficient (Wildman–Crippen LogP) is 4.35. The molecule has 6 heteroatoms. The fourth-order valence-electron chi connectivity index (χ4n) is 1.91. The first-order valence-electron chi connectivity index (χ1n) is 7.04. The van der Waals surface area contributed by atoms with Crippen LogP contribution < -0.4 is 9.41 Å². The van der Waals surface area contributed by atoms with Gasteiger partial charge in [-0.15, -0.1) is 0 Å². The largest absolute Gasteiger partial charge is 0.496 e. The third-order valence-corrected chi connectivity index (χ3v) is 4.75. The molecule has 2 rings (SSSR count). The van der Waals surface area contributed by atoms with E-state index in [0.717, 1.165) is 5.56 Å². The van der Waals surface area contributed by atoms with E-state index >= 15 is 0 Å². The molecule has 0 N–H and O–H groups in total. The first-order valence-corrected chi connectivity index (χ1v) is 8.20. The van der Waals surface area contributed by atoms with Crippen LogP contribution in [-0.2, 0) is 5.54 Å². The Morgan fingerprint density at radius 2 is 2.13 bits per heavy atom. The lowest BCUT2D eigenvalue weighted by molar-refractivity contribution is 0.0996. The molecule has 1 aromatic heterocycles. The molecule has 0 fully saturated rings. The number of hydrogen-bond donors (Lipinski definition) is 0. The maximum atomic E-state index is 12.5. The highest BCUT2D eigenvalue weighted by Gasteiger charge is 2.16. The Kier molecular flexibility index (Phi) is 5.12. The van der Waals surface area contributed by atoms with Gasteiger partial charge in [0.05, 0.1) is 12.7 Å². The molecule has 0 radical (unpaired) electrons. The quantitative estimate of drug-likeness (QED) is 0.825. The van der Waals surface area contributed by atoms with Gasteiger partial charge in [-0.2, -0.15) is 4.99 Å². The van der Waals surface area contributed by atoms with Crippen LogP contribution in [0.25, 0.3) is 6.08 Å². The smallest absolute Gasteiger partial charge is 0.282 e. The van der Waals surface area contributed by atoms with Crippen molar-refractivity contribution in [3.63, 3.8) is 0 Å². The number of carbonyl (C=O) groups excluding carboxylic acids is 1. The van der Waals surface area contributed by atoms with Gasteiger partial charge >= 0.3 is 0 Å². The number of aromatic nitrogens is 1. The van der Waals surface area contributed by atoms with E-state index in [0.29, 0.717) is 21.0 Å². The molecule has 122 valence electrons. The van der Waals surface area contributed by atoms with Gasteiger partial charge in [0.1, 0.15) is 10.4 Å². The molecule has 1 heterocycles. The molecule has 0 aliphatic heterocycles. The van der Waals surface area contributed by atoms with Gasteiger partial charge in [0.25, 0.3) is 5.91 Å². The molecule has 1 aromatic carbocycles. The molecular weight excluding hydrogens is 332 g/mol. The molecule has 1 amide bonds. The summed E-state index contributed by atoms with van der Waals surface area (Å²) in [5.74, 6) is 0.0546. The minimum absolute atomic E-state index is 0.0903. The van der Waals surface area contributed by atoms with E-state index in [4.69, 9.17) is 16.3 Å². The van der Waals surface area contributed by atoms with E-state index in [2.05, 4.69) is 32.3 Å². The van der Waals surface area contributed by atoms with Crippen molar-refractivity contribution in [2.24, 2.45) is 4.99 Å². The SMILES string of the molecule is C=Cc1cn(C(C)(C)C)s/c1=N\C(=O)c1cc(Cl)ccc1OC. The summed E-state index contributed by atoms with van der Waals surface area (Å²) in [7, 11) is 1.51. The standard InChI is InChI=1S/C17H19ClN2O2S/c1-6-11-10-20(17(2,3)4)23-16(11)19-15(21)13-9-12(18)7-8-14(13)22-5/h6-10H,1H2,2-5H3/b19-16-. The Labute approximate surface area is 144 Å². The van der Waals surface area contributed by atoms with Gasteiger partial charge < -0.3 is 4.74 Å². The van der Waals surface area contributed by atoms with Crippen molar-refractivity contribution < 1.29 is 9.53 Å². The number of carbonyl (C=O) groups is 1. The molecule has 0 spiro atoms. The molecule has 0 atom stereocenters. The Balaban J connectivity index is 2.54. The lowest BCUT2D eigenvalue weighted by Crippen LogP contribution is -2.18. The first-order chi connectivity index (χ1) is 10.8. The van der Waals surface area contributed by atoms with Crippen LogP contribution in [0.1, 0.15) is 36.7 Å². The number of amides is 1. The van der Waals surface area contributed by atoms with Crippen LogP contribution in [0.3, 0.4) is 0 Å². The maximum absolute atomic E-state index is 12.5. The number of benzene rings is 1. The van der Waals surface area contributed by atoms with Gasteiger partial charge in [-0.25, -0.2) is 0 Å². The number of hydrogen-bond acceptors (Lipinski definition) is 3. The fourth-order valence-corrected chi connectivity index (χ4v) is 3.07. The molecule has 4 nitrogen and oxygen atoms in total. The minimum Gasteiger partial charge on any atom is -0.496 e. The van der Waals surface area contributed by atoms with Crippen molar-refractivity contribution in [2.45, 2.75) is 26.3 Å². The Morgan fingerprint density at radius 3 is 2.70 bits per heavy atom. The second kappa shape index (κ2) is 6.72. The molecule has 0 unspecified atom stereocenters. The summed E-state index contributed by atoms with van der Waals surface area (Å²) in [5.41, 5.74) is 1.07. The lowest BCUT2D eigenvalue weighted by Gasteiger charge is -2.19. The van der Waals surface area contributed by atoms with E-state index in [9.17, 15) is 4.79 Å². The molecular formula is C17H19ClN2O2S. The highest BCUT2D eigenvalue weighted by atomic mass is 35.5. The molecule has 0 saturated carbocycles. The fraction of sp³-hybridized carbons (Fsp3) is 0.294. The third kappa shape index (κ3) is 3.92. The molecule has 2 aromatic rings. The maximum Gasteiger partial charge on any atom is 0.282 e. The topological polar surface area (TPSA) is 43.6 Å². The zero-order chi connectivity index (χ0) is 17.2. The second-order valence-corrected chi connectivity index (χ2v) is 7.34. The zero-order valence-electron chi connectivity index (χ0n) is 13.6. The average Bonchev–Trinajstić information content (AvgIpc) is 2.90. The first kappa shape index (κ1) is 17.5. The monoisotopic (exact) mass is 350 g/mol. The molecule has 0 bridgehead atoms. The van der Waals surface area contributed by atoms with Gasteiger partial charge in [-0.05, 0) is 50.5 Å². The summed E-state index contributed by atoms with van der Waals surface area (Å²) < 4.78 is 7.87. The second-order valence-electron chi connectivity index (χ2n) is 5.94. The van der Waals surface area contributed by atoms with Crippen LogP contribution in [-0.4, -0.2) is 17.0 Å². The van der Waals surface area contributed by atoms with Crippen molar-refractivity contribution in [3.8, 4) is 5.75 Å². The summed E-state index contributed by atoms with van der Waals surface area (Å²) in [6.45, 7) is 10.0. The van der Waals surface area contributed by atoms with E-state index in [1.54, 1.807) is 24.3 Å². The van der Waals surface area contributed by atoms with Crippen molar-refractivity contribution in [2.75, 3.05) is 7.11 Å². The van der Waals surface area contributed by atoms with E-state index in [1.165, 1.54) is 18.6 Å². The molecule has 0 saturated heterocycles. The normalized spacial score (nSPS) is 12.3.